The van der Waals surface area contributed by atoms with Crippen LogP contribution in [0.25, 0.3) is 0 Å². The summed E-state index contributed by atoms with van der Waals surface area (Å²) in [4.78, 5) is 14.5. The summed E-state index contributed by atoms with van der Waals surface area (Å²) in [6.45, 7) is 6.63. The third kappa shape index (κ3) is 4.73. The Hall–Kier alpha value is -1.03. The van der Waals surface area contributed by atoms with Crippen molar-refractivity contribution in [3.63, 3.8) is 0 Å². The van der Waals surface area contributed by atoms with E-state index >= 15 is 0 Å². The van der Waals surface area contributed by atoms with Gasteiger partial charge in [-0.1, -0.05) is 11.6 Å². The molecule has 0 saturated carbocycles. The van der Waals surface area contributed by atoms with E-state index < -0.39 is 5.60 Å². The third-order valence-electron chi connectivity index (χ3n) is 4.41. The van der Waals surface area contributed by atoms with E-state index in [0.717, 1.165) is 38.7 Å². The summed E-state index contributed by atoms with van der Waals surface area (Å²) in [6, 6.07) is 0.566. The molecule has 2 rings (SSSR count). The number of carbonyl (C=O) groups is 1. The molecular weight excluding hydrogens is 278 g/mol. The molecule has 1 fully saturated rings. The van der Waals surface area contributed by atoms with Crippen LogP contribution in [0, 0.1) is 0 Å². The predicted octanol–water partition coefficient (Wildman–Crippen LogP) is 4.29. The van der Waals surface area contributed by atoms with E-state index in [-0.39, 0.29) is 12.1 Å². The van der Waals surface area contributed by atoms with Gasteiger partial charge in [-0.05, 0) is 65.7 Å². The van der Waals surface area contributed by atoms with Gasteiger partial charge in [0.15, 0.2) is 0 Å². The van der Waals surface area contributed by atoms with Gasteiger partial charge in [-0.2, -0.15) is 0 Å². The van der Waals surface area contributed by atoms with E-state index in [1.165, 1.54) is 18.4 Å². The largest absolute Gasteiger partial charge is 0.444 e. The number of nitrogens with zero attached hydrogens (tertiary/aromatic N) is 1. The van der Waals surface area contributed by atoms with Gasteiger partial charge in [0.1, 0.15) is 5.60 Å². The molecule has 2 aliphatic rings. The van der Waals surface area contributed by atoms with Gasteiger partial charge in [-0.15, -0.1) is 0 Å². The highest BCUT2D eigenvalue weighted by Crippen LogP contribution is 2.35. The van der Waals surface area contributed by atoms with E-state index in [9.17, 15) is 4.79 Å². The Balaban J connectivity index is 1.97. The van der Waals surface area contributed by atoms with E-state index in [4.69, 9.17) is 9.47 Å². The summed E-state index contributed by atoms with van der Waals surface area (Å²) < 4.78 is 10.7. The first-order valence-electron chi connectivity index (χ1n) is 8.60. The summed E-state index contributed by atoms with van der Waals surface area (Å²) in [5.41, 5.74) is 1.10. The number of hydrogen-bond acceptors (Lipinski definition) is 3. The predicted molar refractivity (Wildman–Crippen MR) is 87.9 cm³/mol. The molecule has 2 aliphatic heterocycles. The van der Waals surface area contributed by atoms with Gasteiger partial charge in [0.2, 0.25) is 0 Å². The molecule has 0 N–H and O–H groups in total. The number of hydrogen-bond donors (Lipinski definition) is 0. The summed E-state index contributed by atoms with van der Waals surface area (Å²) in [5.74, 6) is 0. The normalized spacial score (nSPS) is 24.9. The van der Waals surface area contributed by atoms with Crippen molar-refractivity contribution < 1.29 is 14.3 Å². The zero-order chi connectivity index (χ0) is 16.2. The van der Waals surface area contributed by atoms with E-state index in [1.807, 2.05) is 25.7 Å². The summed E-state index contributed by atoms with van der Waals surface area (Å²) in [7, 11) is 1.75. The Kier molecular flexibility index (Phi) is 5.90. The first-order chi connectivity index (χ1) is 10.4. The Labute approximate surface area is 134 Å². The number of ether oxygens (including phenoxy) is 2. The molecule has 2 atom stereocenters. The molecule has 0 aromatic carbocycles. The highest BCUT2D eigenvalue weighted by Gasteiger charge is 2.38. The lowest BCUT2D eigenvalue weighted by atomic mass is 9.84. The zero-order valence-electron chi connectivity index (χ0n) is 14.6. The summed E-state index contributed by atoms with van der Waals surface area (Å²) in [6.07, 6.45) is 10.00. The maximum absolute atomic E-state index is 12.5. The molecular formula is C18H31NO3. The maximum Gasteiger partial charge on any atom is 0.411 e. The van der Waals surface area contributed by atoms with Crippen LogP contribution < -0.4 is 0 Å². The second-order valence-electron chi connectivity index (χ2n) is 7.52. The molecule has 0 radical (unpaired) electrons. The van der Waals surface area contributed by atoms with Crippen LogP contribution in [-0.2, 0) is 9.47 Å². The summed E-state index contributed by atoms with van der Waals surface area (Å²) in [5, 5.41) is 0. The first kappa shape index (κ1) is 17.3. The van der Waals surface area contributed by atoms with Crippen molar-refractivity contribution in [1.29, 1.82) is 0 Å². The zero-order valence-corrected chi connectivity index (χ0v) is 14.6. The lowest BCUT2D eigenvalue weighted by Crippen LogP contribution is -2.53. The molecule has 1 saturated heterocycles. The molecule has 0 aromatic rings. The molecule has 2 unspecified atom stereocenters. The minimum Gasteiger partial charge on any atom is -0.444 e. The summed E-state index contributed by atoms with van der Waals surface area (Å²) >= 11 is 0. The third-order valence-corrected chi connectivity index (χ3v) is 4.41. The van der Waals surface area contributed by atoms with Gasteiger partial charge in [-0.3, -0.25) is 4.90 Å². The molecule has 4 nitrogen and oxygen atoms in total. The number of piperidine rings is 1. The minimum absolute atomic E-state index is 0.142. The number of fused-ring (bicyclic) bond motifs is 2. The van der Waals surface area contributed by atoms with Crippen molar-refractivity contribution >= 4 is 6.09 Å². The SMILES string of the molecule is COCCCCC1=CC2CCCC(C1)N2C(=O)OC(C)(C)C. The van der Waals surface area contributed by atoms with E-state index in [0.29, 0.717) is 6.04 Å². The van der Waals surface area contributed by atoms with Crippen molar-refractivity contribution in [2.24, 2.45) is 0 Å². The highest BCUT2D eigenvalue weighted by atomic mass is 16.6. The molecule has 1 amide bonds. The molecule has 126 valence electrons. The van der Waals surface area contributed by atoms with Gasteiger partial charge in [0, 0.05) is 19.8 Å². The van der Waals surface area contributed by atoms with Crippen LogP contribution in [0.4, 0.5) is 4.79 Å². The van der Waals surface area contributed by atoms with Crippen molar-refractivity contribution in [3.8, 4) is 0 Å². The average Bonchev–Trinajstić information content (AvgIpc) is 2.40. The molecule has 2 bridgehead atoms. The van der Waals surface area contributed by atoms with Crippen LogP contribution in [0.1, 0.15) is 65.7 Å². The Bertz CT molecular complexity index is 411. The van der Waals surface area contributed by atoms with E-state index in [2.05, 4.69) is 6.08 Å². The molecule has 0 aliphatic carbocycles. The lowest BCUT2D eigenvalue weighted by Gasteiger charge is -2.45. The second-order valence-corrected chi connectivity index (χ2v) is 7.52. The van der Waals surface area contributed by atoms with Crippen molar-refractivity contribution in [3.05, 3.63) is 11.6 Å². The fourth-order valence-corrected chi connectivity index (χ4v) is 3.50. The number of unbranched alkanes of at least 4 members (excludes halogenated alkanes) is 1. The molecule has 0 spiro atoms. The quantitative estimate of drug-likeness (QED) is 0.561. The van der Waals surface area contributed by atoms with Crippen LogP contribution in [0.2, 0.25) is 0 Å². The number of amides is 1. The fraction of sp³-hybridized carbons (Fsp3) is 0.833. The number of rotatable bonds is 5. The van der Waals surface area contributed by atoms with Crippen LogP contribution in [-0.4, -0.2) is 42.4 Å². The monoisotopic (exact) mass is 309 g/mol. The Morgan fingerprint density at radius 1 is 1.32 bits per heavy atom. The van der Waals surface area contributed by atoms with Gasteiger partial charge in [0.25, 0.3) is 0 Å². The van der Waals surface area contributed by atoms with Crippen LogP contribution in [0.3, 0.4) is 0 Å². The first-order valence-corrected chi connectivity index (χ1v) is 8.60. The van der Waals surface area contributed by atoms with Crippen LogP contribution >= 0.6 is 0 Å². The van der Waals surface area contributed by atoms with Crippen LogP contribution in [0.5, 0.6) is 0 Å². The smallest absolute Gasteiger partial charge is 0.411 e. The maximum atomic E-state index is 12.5. The number of carbonyl (C=O) groups excluding carboxylic acids is 1. The Morgan fingerprint density at radius 3 is 2.73 bits per heavy atom. The topological polar surface area (TPSA) is 38.8 Å². The highest BCUT2D eigenvalue weighted by molar-refractivity contribution is 5.70. The van der Waals surface area contributed by atoms with Gasteiger partial charge in [-0.25, -0.2) is 4.79 Å². The second kappa shape index (κ2) is 7.49. The molecule has 4 heteroatoms. The van der Waals surface area contributed by atoms with Crippen molar-refractivity contribution in [2.45, 2.75) is 83.4 Å². The molecule has 22 heavy (non-hydrogen) atoms. The minimum atomic E-state index is -0.421. The van der Waals surface area contributed by atoms with Crippen molar-refractivity contribution in [1.82, 2.24) is 4.90 Å². The molecule has 2 heterocycles. The number of methoxy groups -OCH3 is 1. The fourth-order valence-electron chi connectivity index (χ4n) is 3.50. The van der Waals surface area contributed by atoms with Crippen LogP contribution in [0.15, 0.2) is 11.6 Å². The van der Waals surface area contributed by atoms with Gasteiger partial charge < -0.3 is 9.47 Å². The standard InChI is InChI=1S/C18H31NO3/c1-18(2,3)22-17(20)19-15-9-7-10-16(19)13-14(12-15)8-5-6-11-21-4/h12,15-16H,5-11,13H2,1-4H3. The lowest BCUT2D eigenvalue weighted by molar-refractivity contribution is -0.00159. The van der Waals surface area contributed by atoms with Crippen molar-refractivity contribution in [2.75, 3.05) is 13.7 Å². The van der Waals surface area contributed by atoms with Gasteiger partial charge in [0.05, 0.1) is 6.04 Å². The van der Waals surface area contributed by atoms with E-state index in [1.54, 1.807) is 7.11 Å². The average molecular weight is 309 g/mol. The Morgan fingerprint density at radius 2 is 2.09 bits per heavy atom. The molecule has 0 aromatic heterocycles. The van der Waals surface area contributed by atoms with Gasteiger partial charge >= 0.3 is 6.09 Å².